The van der Waals surface area contributed by atoms with Crippen LogP contribution in [0.25, 0.3) is 0 Å². The lowest BCUT2D eigenvalue weighted by Gasteiger charge is -2.28. The van der Waals surface area contributed by atoms with Crippen LogP contribution in [0.3, 0.4) is 0 Å². The van der Waals surface area contributed by atoms with E-state index in [1.165, 1.54) is 57.5 Å². The third-order valence-electron chi connectivity index (χ3n) is 6.02. The summed E-state index contributed by atoms with van der Waals surface area (Å²) in [6, 6.07) is 8.27. The van der Waals surface area contributed by atoms with Gasteiger partial charge in [0, 0.05) is 23.6 Å². The van der Waals surface area contributed by atoms with Gasteiger partial charge in [-0.15, -0.1) is 0 Å². The smallest absolute Gasteiger partial charge is 0.328 e. The monoisotopic (exact) mass is 530 g/mol. The predicted octanol–water partition coefficient (Wildman–Crippen LogP) is 3.51. The van der Waals surface area contributed by atoms with E-state index in [1.54, 1.807) is 19.9 Å². The molecule has 11 heteroatoms. The average Bonchev–Trinajstić information content (AvgIpc) is 2.87. The quantitative estimate of drug-likeness (QED) is 0.247. The largest absolute Gasteiger partial charge is 0.618 e. The van der Waals surface area contributed by atoms with E-state index in [0.717, 1.165) is 6.20 Å². The Morgan fingerprint density at radius 3 is 2.34 bits per heavy atom. The van der Waals surface area contributed by atoms with Crippen LogP contribution >= 0.6 is 0 Å². The van der Waals surface area contributed by atoms with E-state index in [4.69, 9.17) is 14.2 Å². The number of aromatic nitrogens is 1. The fraction of sp³-hybridized carbons (Fsp3) is 0.296. The molecule has 2 aromatic carbocycles. The molecule has 202 valence electrons. The van der Waals surface area contributed by atoms with Crippen molar-refractivity contribution in [1.82, 2.24) is 5.32 Å². The number of carbonyl (C=O) groups is 2. The van der Waals surface area contributed by atoms with Crippen LogP contribution in [0, 0.1) is 23.8 Å². The van der Waals surface area contributed by atoms with Gasteiger partial charge in [0.25, 0.3) is 0 Å². The molecule has 0 aliphatic heterocycles. The van der Waals surface area contributed by atoms with Crippen LogP contribution in [-0.2, 0) is 9.53 Å². The topological polar surface area (TPSA) is 121 Å². The van der Waals surface area contributed by atoms with Crippen LogP contribution in [0.2, 0.25) is 0 Å². The van der Waals surface area contributed by atoms with Crippen molar-refractivity contribution in [3.8, 4) is 17.2 Å². The molecule has 3 atom stereocenters. The molecule has 0 bridgehead atoms. The number of nitrogens with zero attached hydrogens (tertiary/aromatic N) is 1. The van der Waals surface area contributed by atoms with E-state index in [-0.39, 0.29) is 16.2 Å². The van der Waals surface area contributed by atoms with Gasteiger partial charge in [-0.05, 0) is 44.0 Å². The maximum absolute atomic E-state index is 14.0. The number of methoxy groups -OCH3 is 2. The number of pyridine rings is 1. The molecule has 0 aliphatic carbocycles. The Morgan fingerprint density at radius 2 is 1.71 bits per heavy atom. The third kappa shape index (κ3) is 5.93. The Morgan fingerprint density at radius 1 is 1.03 bits per heavy atom. The number of nitrogens with one attached hydrogen (secondary N) is 1. The molecular weight excluding hydrogens is 502 g/mol. The summed E-state index contributed by atoms with van der Waals surface area (Å²) >= 11 is 0. The van der Waals surface area contributed by atoms with E-state index in [2.05, 4.69) is 5.32 Å². The SMILES string of the molecule is COc1cc(F)ccc1[C@@H](c1ccc(F)c(C)c1)[C@H](C)OC(=O)[C@H](C)NC(=O)c1c(O)c(OC)cc[n+]1[O-]. The van der Waals surface area contributed by atoms with Gasteiger partial charge in [-0.2, -0.15) is 4.73 Å². The summed E-state index contributed by atoms with van der Waals surface area (Å²) in [6.07, 6.45) is 0.0879. The highest BCUT2D eigenvalue weighted by molar-refractivity contribution is 5.96. The van der Waals surface area contributed by atoms with Crippen LogP contribution in [0.15, 0.2) is 48.7 Å². The lowest BCUT2D eigenvalue weighted by atomic mass is 9.85. The van der Waals surface area contributed by atoms with Gasteiger partial charge in [-0.25, -0.2) is 13.6 Å². The number of hydrogen-bond acceptors (Lipinski definition) is 7. The van der Waals surface area contributed by atoms with Gasteiger partial charge < -0.3 is 29.8 Å². The molecule has 0 radical (unpaired) electrons. The van der Waals surface area contributed by atoms with Gasteiger partial charge in [-0.3, -0.25) is 4.79 Å². The summed E-state index contributed by atoms with van der Waals surface area (Å²) in [4.78, 5) is 25.6. The van der Waals surface area contributed by atoms with Crippen LogP contribution in [-0.4, -0.2) is 43.3 Å². The zero-order valence-electron chi connectivity index (χ0n) is 21.5. The summed E-state index contributed by atoms with van der Waals surface area (Å²) in [5.41, 5.74) is 0.773. The molecular formula is C27H28F2N2O7. The Hall–Kier alpha value is -4.41. The minimum Gasteiger partial charge on any atom is -0.618 e. The Balaban J connectivity index is 1.87. The summed E-state index contributed by atoms with van der Waals surface area (Å²) in [5.74, 6) is -4.11. The van der Waals surface area contributed by atoms with Crippen molar-refractivity contribution in [3.05, 3.63) is 87.9 Å². The Bertz CT molecular complexity index is 1350. The van der Waals surface area contributed by atoms with E-state index >= 15 is 0 Å². The predicted molar refractivity (Wildman–Crippen MR) is 132 cm³/mol. The molecule has 1 aromatic heterocycles. The number of halogens is 2. The van der Waals surface area contributed by atoms with Crippen LogP contribution in [0.5, 0.6) is 17.2 Å². The normalized spacial score (nSPS) is 13.2. The van der Waals surface area contributed by atoms with Crippen molar-refractivity contribution >= 4 is 11.9 Å². The fourth-order valence-corrected chi connectivity index (χ4v) is 4.07. The second-order valence-electron chi connectivity index (χ2n) is 8.62. The zero-order chi connectivity index (χ0) is 28.1. The number of aryl methyl sites for hydroxylation is 1. The molecule has 2 N–H and O–H groups in total. The molecule has 3 aromatic rings. The van der Waals surface area contributed by atoms with Crippen molar-refractivity contribution in [3.63, 3.8) is 0 Å². The number of benzene rings is 2. The highest BCUT2D eigenvalue weighted by Gasteiger charge is 2.32. The zero-order valence-corrected chi connectivity index (χ0v) is 21.5. The lowest BCUT2D eigenvalue weighted by molar-refractivity contribution is -0.608. The van der Waals surface area contributed by atoms with Gasteiger partial charge in [0.2, 0.25) is 5.75 Å². The van der Waals surface area contributed by atoms with Crippen molar-refractivity contribution < 1.29 is 42.4 Å². The molecule has 0 saturated heterocycles. The van der Waals surface area contributed by atoms with Crippen LogP contribution < -0.4 is 19.5 Å². The molecule has 0 saturated carbocycles. The standard InChI is InChI=1S/C27H28F2N2O7/c1-14-12-17(6-9-20(14)29)23(19-8-7-18(28)13-22(19)37-5)16(3)38-27(34)15(2)30-26(33)24-25(32)21(36-4)10-11-31(24)35/h6-13,15-16,23,32H,1-5H3,(H,30,33)/t15-,16-,23+/m0/s1. The molecule has 0 unspecified atom stereocenters. The summed E-state index contributed by atoms with van der Waals surface area (Å²) in [5, 5.41) is 24.6. The first kappa shape index (κ1) is 28.2. The lowest BCUT2D eigenvalue weighted by Crippen LogP contribution is -2.46. The number of amides is 1. The van der Waals surface area contributed by atoms with Gasteiger partial charge >= 0.3 is 17.6 Å². The second-order valence-corrected chi connectivity index (χ2v) is 8.62. The number of rotatable bonds is 9. The average molecular weight is 531 g/mol. The highest BCUT2D eigenvalue weighted by Crippen LogP contribution is 2.37. The number of aromatic hydroxyl groups is 1. The first-order valence-electron chi connectivity index (χ1n) is 11.6. The summed E-state index contributed by atoms with van der Waals surface area (Å²) < 4.78 is 44.0. The van der Waals surface area contributed by atoms with E-state index in [0.29, 0.717) is 16.7 Å². The van der Waals surface area contributed by atoms with E-state index < -0.39 is 53.0 Å². The van der Waals surface area contributed by atoms with E-state index in [9.17, 15) is 28.7 Å². The number of esters is 1. The maximum Gasteiger partial charge on any atom is 0.328 e. The van der Waals surface area contributed by atoms with Crippen molar-refractivity contribution in [2.24, 2.45) is 0 Å². The van der Waals surface area contributed by atoms with Crippen LogP contribution in [0.1, 0.15) is 46.9 Å². The van der Waals surface area contributed by atoms with Crippen LogP contribution in [0.4, 0.5) is 8.78 Å². The summed E-state index contributed by atoms with van der Waals surface area (Å²) in [6.45, 7) is 4.52. The first-order chi connectivity index (χ1) is 18.0. The molecule has 1 heterocycles. The molecule has 3 rings (SSSR count). The Labute approximate surface area is 218 Å². The van der Waals surface area contributed by atoms with Crippen molar-refractivity contribution in [1.29, 1.82) is 0 Å². The minimum absolute atomic E-state index is 0.100. The molecule has 9 nitrogen and oxygen atoms in total. The highest BCUT2D eigenvalue weighted by atomic mass is 19.1. The molecule has 38 heavy (non-hydrogen) atoms. The van der Waals surface area contributed by atoms with Gasteiger partial charge in [0.15, 0.2) is 11.9 Å². The maximum atomic E-state index is 14.0. The Kier molecular flexibility index (Phi) is 8.72. The molecule has 0 spiro atoms. The third-order valence-corrected chi connectivity index (χ3v) is 6.02. The first-order valence-corrected chi connectivity index (χ1v) is 11.6. The van der Waals surface area contributed by atoms with Gasteiger partial charge in [-0.1, -0.05) is 18.2 Å². The fourth-order valence-electron chi connectivity index (χ4n) is 4.07. The molecule has 1 amide bonds. The summed E-state index contributed by atoms with van der Waals surface area (Å²) in [7, 11) is 2.62. The number of ether oxygens (including phenoxy) is 3. The van der Waals surface area contributed by atoms with Crippen molar-refractivity contribution in [2.45, 2.75) is 38.8 Å². The van der Waals surface area contributed by atoms with Gasteiger partial charge in [0.05, 0.1) is 14.2 Å². The molecule has 0 aliphatic rings. The molecule has 0 fully saturated rings. The van der Waals surface area contributed by atoms with Crippen molar-refractivity contribution in [2.75, 3.05) is 14.2 Å². The second kappa shape index (κ2) is 11.8. The number of hydrogen-bond donors (Lipinski definition) is 2. The number of carbonyl (C=O) groups excluding carboxylic acids is 2. The van der Waals surface area contributed by atoms with Gasteiger partial charge in [0.1, 0.15) is 29.5 Å². The minimum atomic E-state index is -1.23. The van der Waals surface area contributed by atoms with E-state index in [1.807, 2.05) is 0 Å².